The van der Waals surface area contributed by atoms with Crippen LogP contribution in [0.4, 0.5) is 0 Å². The maximum atomic E-state index is 12.4. The Hall–Kier alpha value is -2.46. The number of halogens is 1. The van der Waals surface area contributed by atoms with Gasteiger partial charge in [0.15, 0.2) is 17.3 Å². The number of hydrogen-bond acceptors (Lipinski definition) is 4. The van der Waals surface area contributed by atoms with Gasteiger partial charge in [0.2, 0.25) is 5.75 Å². The highest BCUT2D eigenvalue weighted by Gasteiger charge is 2.15. The average Bonchev–Trinajstić information content (AvgIpc) is 2.59. The molecule has 0 heterocycles. The third kappa shape index (κ3) is 3.85. The summed E-state index contributed by atoms with van der Waals surface area (Å²) < 4.78 is 15.7. The summed E-state index contributed by atoms with van der Waals surface area (Å²) in [6, 6.07) is 10.5. The number of ketones is 1. The predicted octanol–water partition coefficient (Wildman–Crippen LogP) is 4.26. The van der Waals surface area contributed by atoms with Crippen LogP contribution in [-0.2, 0) is 0 Å². The van der Waals surface area contributed by atoms with Gasteiger partial charge >= 0.3 is 0 Å². The molecule has 0 aliphatic carbocycles. The third-order valence-corrected chi connectivity index (χ3v) is 3.61. The second-order valence-electron chi connectivity index (χ2n) is 4.63. The van der Waals surface area contributed by atoms with E-state index in [0.29, 0.717) is 27.8 Å². The molecule has 0 N–H and O–H groups in total. The first-order chi connectivity index (χ1) is 11.1. The first kappa shape index (κ1) is 16.9. The van der Waals surface area contributed by atoms with Gasteiger partial charge in [-0.3, -0.25) is 4.79 Å². The monoisotopic (exact) mass is 332 g/mol. The average molecular weight is 333 g/mol. The van der Waals surface area contributed by atoms with Gasteiger partial charge in [0.1, 0.15) is 0 Å². The van der Waals surface area contributed by atoms with E-state index in [0.717, 1.165) is 5.56 Å². The number of ether oxygens (including phenoxy) is 3. The van der Waals surface area contributed by atoms with Crippen LogP contribution in [0.25, 0.3) is 6.08 Å². The molecule has 2 rings (SSSR count). The van der Waals surface area contributed by atoms with Gasteiger partial charge in [0, 0.05) is 10.6 Å². The molecule has 0 aliphatic rings. The van der Waals surface area contributed by atoms with E-state index in [-0.39, 0.29) is 5.78 Å². The number of allylic oxidation sites excluding steroid dienone is 1. The van der Waals surface area contributed by atoms with Gasteiger partial charge in [-0.15, -0.1) is 0 Å². The Morgan fingerprint density at radius 2 is 1.61 bits per heavy atom. The molecule has 4 nitrogen and oxygen atoms in total. The lowest BCUT2D eigenvalue weighted by Crippen LogP contribution is -2.00. The van der Waals surface area contributed by atoms with Crippen molar-refractivity contribution in [1.29, 1.82) is 0 Å². The fourth-order valence-corrected chi connectivity index (χ4v) is 2.29. The van der Waals surface area contributed by atoms with Crippen molar-refractivity contribution in [3.8, 4) is 17.2 Å². The Bertz CT molecular complexity index is 713. The summed E-state index contributed by atoms with van der Waals surface area (Å²) in [7, 11) is 4.52. The molecule has 2 aromatic carbocycles. The van der Waals surface area contributed by atoms with Crippen molar-refractivity contribution in [2.24, 2.45) is 0 Å². The van der Waals surface area contributed by atoms with E-state index < -0.39 is 0 Å². The van der Waals surface area contributed by atoms with Crippen LogP contribution >= 0.6 is 11.6 Å². The maximum absolute atomic E-state index is 12.4. The molecule has 23 heavy (non-hydrogen) atoms. The largest absolute Gasteiger partial charge is 0.493 e. The second-order valence-corrected chi connectivity index (χ2v) is 5.04. The van der Waals surface area contributed by atoms with Crippen LogP contribution < -0.4 is 14.2 Å². The van der Waals surface area contributed by atoms with E-state index in [4.69, 9.17) is 25.8 Å². The highest BCUT2D eigenvalue weighted by Crippen LogP contribution is 2.38. The van der Waals surface area contributed by atoms with Crippen LogP contribution in [0.2, 0.25) is 5.02 Å². The number of carbonyl (C=O) groups is 1. The molecular formula is C18H17ClO4. The summed E-state index contributed by atoms with van der Waals surface area (Å²) in [6.07, 6.45) is 3.13. The van der Waals surface area contributed by atoms with Crippen LogP contribution in [0.3, 0.4) is 0 Å². The summed E-state index contributed by atoms with van der Waals surface area (Å²) in [4.78, 5) is 12.4. The maximum Gasteiger partial charge on any atom is 0.203 e. The highest BCUT2D eigenvalue weighted by atomic mass is 35.5. The lowest BCUT2D eigenvalue weighted by Gasteiger charge is -2.13. The van der Waals surface area contributed by atoms with E-state index in [1.807, 2.05) is 18.2 Å². The minimum absolute atomic E-state index is 0.191. The van der Waals surface area contributed by atoms with Gasteiger partial charge in [0.05, 0.1) is 21.3 Å². The van der Waals surface area contributed by atoms with Gasteiger partial charge in [0.25, 0.3) is 0 Å². The second kappa shape index (κ2) is 7.70. The van der Waals surface area contributed by atoms with Crippen LogP contribution in [-0.4, -0.2) is 27.1 Å². The molecule has 0 unspecified atom stereocenters. The summed E-state index contributed by atoms with van der Waals surface area (Å²) in [5.74, 6) is 1.12. The molecule has 0 saturated carbocycles. The Morgan fingerprint density at radius 3 is 2.13 bits per heavy atom. The third-order valence-electron chi connectivity index (χ3n) is 3.27. The molecule has 2 aromatic rings. The van der Waals surface area contributed by atoms with Crippen LogP contribution in [0.5, 0.6) is 17.2 Å². The first-order valence-electron chi connectivity index (χ1n) is 6.87. The summed E-state index contributed by atoms with van der Waals surface area (Å²) in [5, 5.41) is 0.585. The molecular weight excluding hydrogens is 316 g/mol. The van der Waals surface area contributed by atoms with Gasteiger partial charge in [-0.2, -0.15) is 0 Å². The molecule has 0 aromatic heterocycles. The Balaban J connectivity index is 2.34. The fraction of sp³-hybridized carbons (Fsp3) is 0.167. The molecule has 0 amide bonds. The lowest BCUT2D eigenvalue weighted by atomic mass is 10.1. The molecule has 0 saturated heterocycles. The van der Waals surface area contributed by atoms with Crippen LogP contribution in [0.15, 0.2) is 42.5 Å². The Kier molecular flexibility index (Phi) is 5.66. The van der Waals surface area contributed by atoms with Gasteiger partial charge in [-0.05, 0) is 35.9 Å². The number of hydrogen-bond donors (Lipinski definition) is 0. The van der Waals surface area contributed by atoms with Crippen molar-refractivity contribution < 1.29 is 19.0 Å². The smallest absolute Gasteiger partial charge is 0.203 e. The predicted molar refractivity (Wildman–Crippen MR) is 90.9 cm³/mol. The Morgan fingerprint density at radius 1 is 1.00 bits per heavy atom. The summed E-state index contributed by atoms with van der Waals surface area (Å²) in [6.45, 7) is 0. The number of benzene rings is 2. The Labute approximate surface area is 140 Å². The molecule has 0 bridgehead atoms. The van der Waals surface area contributed by atoms with E-state index in [2.05, 4.69) is 0 Å². The molecule has 120 valence electrons. The minimum Gasteiger partial charge on any atom is -0.493 e. The molecule has 0 spiro atoms. The molecule has 0 fully saturated rings. The number of methoxy groups -OCH3 is 3. The van der Waals surface area contributed by atoms with Gasteiger partial charge < -0.3 is 14.2 Å². The fourth-order valence-electron chi connectivity index (χ4n) is 2.10. The lowest BCUT2D eigenvalue weighted by molar-refractivity contribution is 0.104. The van der Waals surface area contributed by atoms with Gasteiger partial charge in [-0.1, -0.05) is 29.8 Å². The standard InChI is InChI=1S/C18H17ClO4/c1-21-16-10-13(11-17(22-2)18(16)23-3)15(20)9-8-12-6-4-5-7-14(12)19/h4-11H,1-3H3. The normalized spacial score (nSPS) is 10.6. The highest BCUT2D eigenvalue weighted by molar-refractivity contribution is 6.32. The number of rotatable bonds is 6. The first-order valence-corrected chi connectivity index (χ1v) is 7.25. The van der Waals surface area contributed by atoms with Crippen LogP contribution in [0.1, 0.15) is 15.9 Å². The molecule has 5 heteroatoms. The van der Waals surface area contributed by atoms with Crippen molar-refractivity contribution in [3.63, 3.8) is 0 Å². The van der Waals surface area contributed by atoms with E-state index in [1.165, 1.54) is 27.4 Å². The molecule has 0 radical (unpaired) electrons. The van der Waals surface area contributed by atoms with E-state index in [1.54, 1.807) is 24.3 Å². The molecule has 0 atom stereocenters. The van der Waals surface area contributed by atoms with Crippen molar-refractivity contribution in [2.75, 3.05) is 21.3 Å². The minimum atomic E-state index is -0.191. The van der Waals surface area contributed by atoms with E-state index in [9.17, 15) is 4.79 Å². The van der Waals surface area contributed by atoms with E-state index >= 15 is 0 Å². The number of carbonyl (C=O) groups excluding carboxylic acids is 1. The van der Waals surface area contributed by atoms with Gasteiger partial charge in [-0.25, -0.2) is 0 Å². The zero-order valence-electron chi connectivity index (χ0n) is 13.1. The molecule has 0 aliphatic heterocycles. The SMILES string of the molecule is COc1cc(C(=O)C=Cc2ccccc2Cl)cc(OC)c1OC. The topological polar surface area (TPSA) is 44.8 Å². The van der Waals surface area contributed by atoms with Crippen molar-refractivity contribution in [3.05, 3.63) is 58.6 Å². The van der Waals surface area contributed by atoms with Crippen LogP contribution in [0, 0.1) is 0 Å². The quantitative estimate of drug-likeness (QED) is 0.585. The summed E-state index contributed by atoms with van der Waals surface area (Å²) in [5.41, 5.74) is 1.21. The van der Waals surface area contributed by atoms with Crippen molar-refractivity contribution >= 4 is 23.5 Å². The zero-order chi connectivity index (χ0) is 16.8. The summed E-state index contributed by atoms with van der Waals surface area (Å²) >= 11 is 6.07. The zero-order valence-corrected chi connectivity index (χ0v) is 13.9. The van der Waals surface area contributed by atoms with Crippen molar-refractivity contribution in [2.45, 2.75) is 0 Å². The van der Waals surface area contributed by atoms with Crippen molar-refractivity contribution in [1.82, 2.24) is 0 Å².